The minimum atomic E-state index is -0.533. The Hall–Kier alpha value is -2.04. The summed E-state index contributed by atoms with van der Waals surface area (Å²) < 4.78 is 10.5. The van der Waals surface area contributed by atoms with Gasteiger partial charge in [0, 0.05) is 12.5 Å². The third-order valence-corrected chi connectivity index (χ3v) is 3.22. The molecule has 1 unspecified atom stereocenters. The average molecular weight is 321 g/mol. The zero-order valence-electron chi connectivity index (χ0n) is 14.9. The van der Waals surface area contributed by atoms with Crippen LogP contribution in [0.5, 0.6) is 5.75 Å². The topological polar surface area (TPSA) is 64.6 Å². The maximum Gasteiger partial charge on any atom is 0.407 e. The molecule has 5 nitrogen and oxygen atoms in total. The molecule has 0 aromatic heterocycles. The van der Waals surface area contributed by atoms with Crippen molar-refractivity contribution in [3.63, 3.8) is 0 Å². The van der Waals surface area contributed by atoms with Crippen molar-refractivity contribution in [3.05, 3.63) is 29.3 Å². The fraction of sp³-hybridized carbons (Fsp3) is 0.556. The highest BCUT2D eigenvalue weighted by atomic mass is 16.6. The normalized spacial score (nSPS) is 12.4. The van der Waals surface area contributed by atoms with Gasteiger partial charge in [0.15, 0.2) is 5.78 Å². The van der Waals surface area contributed by atoms with Gasteiger partial charge in [0.05, 0.1) is 12.7 Å². The second-order valence-corrected chi connectivity index (χ2v) is 6.71. The number of ether oxygens (including phenoxy) is 2. The van der Waals surface area contributed by atoms with Gasteiger partial charge in [-0.1, -0.05) is 6.07 Å². The van der Waals surface area contributed by atoms with Gasteiger partial charge in [0.1, 0.15) is 11.4 Å². The number of alkyl carbamates (subject to hydrolysis) is 1. The molecule has 0 bridgehead atoms. The molecule has 5 heteroatoms. The van der Waals surface area contributed by atoms with Crippen LogP contribution in [0.15, 0.2) is 18.2 Å². The first-order valence-electron chi connectivity index (χ1n) is 7.79. The fourth-order valence-corrected chi connectivity index (χ4v) is 2.09. The summed E-state index contributed by atoms with van der Waals surface area (Å²) in [6, 6.07) is 5.36. The number of benzene rings is 1. The average Bonchev–Trinajstić information content (AvgIpc) is 2.42. The summed E-state index contributed by atoms with van der Waals surface area (Å²) in [7, 11) is 1.55. The molecule has 1 aromatic carbocycles. The van der Waals surface area contributed by atoms with E-state index in [1.54, 1.807) is 13.2 Å². The van der Waals surface area contributed by atoms with Crippen molar-refractivity contribution in [1.29, 1.82) is 0 Å². The summed E-state index contributed by atoms with van der Waals surface area (Å²) in [6.07, 6.45) is 0.399. The third-order valence-electron chi connectivity index (χ3n) is 3.22. The van der Waals surface area contributed by atoms with Crippen molar-refractivity contribution in [3.8, 4) is 5.75 Å². The van der Waals surface area contributed by atoms with Crippen LogP contribution in [0.3, 0.4) is 0 Å². The first kappa shape index (κ1) is 19.0. The van der Waals surface area contributed by atoms with E-state index in [1.807, 2.05) is 46.8 Å². The molecule has 23 heavy (non-hydrogen) atoms. The molecular weight excluding hydrogens is 294 g/mol. The quantitative estimate of drug-likeness (QED) is 0.808. The Balaban J connectivity index is 2.54. The molecule has 1 rings (SSSR count). The highest BCUT2D eigenvalue weighted by molar-refractivity contribution is 5.98. The van der Waals surface area contributed by atoms with Crippen LogP contribution in [-0.4, -0.2) is 30.6 Å². The zero-order valence-corrected chi connectivity index (χ0v) is 14.9. The lowest BCUT2D eigenvalue weighted by Crippen LogP contribution is -2.37. The standard InChI is InChI=1S/C18H27NO4/c1-12-7-9-14(16(11-12)22-6)15(20)10-8-13(2)19-17(21)23-18(3,4)5/h7,9,11,13H,8,10H2,1-6H3,(H,19,21). The number of rotatable bonds is 6. The molecule has 0 fully saturated rings. The van der Waals surface area contributed by atoms with Crippen molar-refractivity contribution in [2.75, 3.05) is 7.11 Å². The maximum atomic E-state index is 12.3. The summed E-state index contributed by atoms with van der Waals surface area (Å²) in [4.78, 5) is 24.0. The SMILES string of the molecule is COc1cc(C)ccc1C(=O)CCC(C)NC(=O)OC(C)(C)C. The van der Waals surface area contributed by atoms with E-state index in [9.17, 15) is 9.59 Å². The number of aryl methyl sites for hydroxylation is 1. The summed E-state index contributed by atoms with van der Waals surface area (Å²) in [5.74, 6) is 0.586. The van der Waals surface area contributed by atoms with E-state index in [-0.39, 0.29) is 11.8 Å². The van der Waals surface area contributed by atoms with Crippen molar-refractivity contribution in [2.45, 2.75) is 59.1 Å². The van der Waals surface area contributed by atoms with Gasteiger partial charge in [-0.05, 0) is 58.7 Å². The number of methoxy groups -OCH3 is 1. The molecule has 1 aromatic rings. The van der Waals surface area contributed by atoms with E-state index >= 15 is 0 Å². The highest BCUT2D eigenvalue weighted by Crippen LogP contribution is 2.22. The molecular formula is C18H27NO4. The number of Topliss-reactive ketones (excluding diaryl/α,β-unsaturated/α-hetero) is 1. The van der Waals surface area contributed by atoms with Crippen molar-refractivity contribution in [1.82, 2.24) is 5.32 Å². The number of hydrogen-bond acceptors (Lipinski definition) is 4. The van der Waals surface area contributed by atoms with Gasteiger partial charge >= 0.3 is 6.09 Å². The summed E-state index contributed by atoms with van der Waals surface area (Å²) in [5, 5.41) is 2.74. The number of hydrogen-bond donors (Lipinski definition) is 1. The van der Waals surface area contributed by atoms with Gasteiger partial charge in [-0.3, -0.25) is 4.79 Å². The third kappa shape index (κ3) is 6.72. The predicted octanol–water partition coefficient (Wildman–Crippen LogP) is 3.88. The second-order valence-electron chi connectivity index (χ2n) is 6.71. The number of amides is 1. The van der Waals surface area contributed by atoms with Crippen LogP contribution in [0.2, 0.25) is 0 Å². The molecule has 0 saturated heterocycles. The Labute approximate surface area is 138 Å². The van der Waals surface area contributed by atoms with E-state index in [4.69, 9.17) is 9.47 Å². The number of nitrogens with one attached hydrogen (secondary N) is 1. The van der Waals surface area contributed by atoms with Gasteiger partial charge in [-0.25, -0.2) is 4.79 Å². The minimum Gasteiger partial charge on any atom is -0.496 e. The molecule has 0 heterocycles. The fourth-order valence-electron chi connectivity index (χ4n) is 2.09. The minimum absolute atomic E-state index is 0.000288. The smallest absolute Gasteiger partial charge is 0.407 e. The van der Waals surface area contributed by atoms with Crippen LogP contribution < -0.4 is 10.1 Å². The Bertz CT molecular complexity index is 561. The van der Waals surface area contributed by atoms with Gasteiger partial charge in [-0.2, -0.15) is 0 Å². The second kappa shape index (κ2) is 7.99. The van der Waals surface area contributed by atoms with Crippen LogP contribution in [0.1, 0.15) is 56.5 Å². The predicted molar refractivity (Wildman–Crippen MR) is 90.1 cm³/mol. The summed E-state index contributed by atoms with van der Waals surface area (Å²) in [5.41, 5.74) is 1.08. The van der Waals surface area contributed by atoms with Crippen LogP contribution in [0.25, 0.3) is 0 Å². The van der Waals surface area contributed by atoms with E-state index in [2.05, 4.69) is 5.32 Å². The molecule has 128 valence electrons. The molecule has 0 aliphatic rings. The van der Waals surface area contributed by atoms with Crippen molar-refractivity contribution in [2.24, 2.45) is 0 Å². The van der Waals surface area contributed by atoms with Crippen LogP contribution in [0.4, 0.5) is 4.79 Å². The lowest BCUT2D eigenvalue weighted by atomic mass is 10.0. The van der Waals surface area contributed by atoms with Gasteiger partial charge in [-0.15, -0.1) is 0 Å². The first-order chi connectivity index (χ1) is 10.6. The Morgan fingerprint density at radius 3 is 2.48 bits per heavy atom. The highest BCUT2D eigenvalue weighted by Gasteiger charge is 2.19. The lowest BCUT2D eigenvalue weighted by molar-refractivity contribution is 0.0504. The van der Waals surface area contributed by atoms with Gasteiger partial charge < -0.3 is 14.8 Å². The van der Waals surface area contributed by atoms with Crippen molar-refractivity contribution < 1.29 is 19.1 Å². The number of carbonyl (C=O) groups excluding carboxylic acids is 2. The van der Waals surface area contributed by atoms with Gasteiger partial charge in [0.2, 0.25) is 0 Å². The number of ketones is 1. The van der Waals surface area contributed by atoms with E-state index in [0.717, 1.165) is 5.56 Å². The van der Waals surface area contributed by atoms with Crippen LogP contribution >= 0.6 is 0 Å². The van der Waals surface area contributed by atoms with Crippen LogP contribution in [-0.2, 0) is 4.74 Å². The van der Waals surface area contributed by atoms with Crippen LogP contribution in [0, 0.1) is 6.92 Å². The van der Waals surface area contributed by atoms with Crippen molar-refractivity contribution >= 4 is 11.9 Å². The molecule has 0 spiro atoms. The lowest BCUT2D eigenvalue weighted by Gasteiger charge is -2.21. The van der Waals surface area contributed by atoms with Gasteiger partial charge in [0.25, 0.3) is 0 Å². The Kier molecular flexibility index (Phi) is 6.61. The summed E-state index contributed by atoms with van der Waals surface area (Å²) >= 11 is 0. The molecule has 1 amide bonds. The monoisotopic (exact) mass is 321 g/mol. The van der Waals surface area contributed by atoms with E-state index in [1.165, 1.54) is 0 Å². The molecule has 1 atom stereocenters. The largest absolute Gasteiger partial charge is 0.496 e. The molecule has 0 radical (unpaired) electrons. The Morgan fingerprint density at radius 2 is 1.91 bits per heavy atom. The number of carbonyl (C=O) groups is 2. The molecule has 0 aliphatic heterocycles. The van der Waals surface area contributed by atoms with E-state index in [0.29, 0.717) is 24.2 Å². The zero-order chi connectivity index (χ0) is 17.6. The first-order valence-corrected chi connectivity index (χ1v) is 7.79. The molecule has 1 N–H and O–H groups in total. The molecule has 0 aliphatic carbocycles. The molecule has 0 saturated carbocycles. The Morgan fingerprint density at radius 1 is 1.26 bits per heavy atom. The van der Waals surface area contributed by atoms with E-state index < -0.39 is 11.7 Å². The maximum absolute atomic E-state index is 12.3. The summed E-state index contributed by atoms with van der Waals surface area (Å²) in [6.45, 7) is 9.23.